The van der Waals surface area contributed by atoms with Crippen molar-refractivity contribution in [3.8, 4) is 163 Å². The lowest BCUT2D eigenvalue weighted by molar-refractivity contribution is 0.769. The molecule has 0 radical (unpaired) electrons. The van der Waals surface area contributed by atoms with Crippen molar-refractivity contribution in [2.45, 2.75) is 10.8 Å². The fourth-order valence-electron chi connectivity index (χ4n) is 18.8. The van der Waals surface area contributed by atoms with Crippen LogP contribution in [0.25, 0.3) is 162 Å². The van der Waals surface area contributed by atoms with Crippen LogP contribution in [0, 0.1) is 17.9 Å². The molecule has 0 amide bonds. The molecule has 3 aliphatic carbocycles. The molecule has 17 aromatic carbocycles. The van der Waals surface area contributed by atoms with Crippen LogP contribution in [0.15, 0.2) is 437 Å². The highest BCUT2D eigenvalue weighted by atomic mass is 14.9. The molecule has 2 aromatic heterocycles. The Balaban J connectivity index is 0.000000149. The van der Waals surface area contributed by atoms with Crippen LogP contribution in [-0.2, 0) is 10.8 Å². The fraction of sp³-hybridized carbons (Fsp3) is 0.0175. The monoisotopic (exact) mass is 1520 g/mol. The Morgan fingerprint density at radius 3 is 1.17 bits per heavy atom. The minimum atomic E-state index is -0.548. The SMILES string of the molecule is N#Cc1ccc2c(c1)C1(c3ccccc3-c3ccccc31)c1cc(-c3cccc(-c4cccc(-c5cc(-c6ccccc6)nc(-c6ccccc6)n5)c4)c3)ccc1-2.[C-]#[N+]c1ccc2c(c1)-c1c(-c3ccc(-c4cccc(-c5nc(-c6ccccc6)cc(-c6ccccc6-c6ccccc6)n5)c4)cc3)cccc1C2(c1ccccc1)c1ccccc1. The summed E-state index contributed by atoms with van der Waals surface area (Å²) >= 11 is 0. The van der Waals surface area contributed by atoms with Gasteiger partial charge >= 0.3 is 0 Å². The van der Waals surface area contributed by atoms with E-state index in [1.165, 1.54) is 72.3 Å². The normalized spacial score (nSPS) is 12.4. The van der Waals surface area contributed by atoms with Crippen LogP contribution in [0.4, 0.5) is 5.69 Å². The number of fused-ring (bicyclic) bond motifs is 13. The smallest absolute Gasteiger partial charge is 0.187 e. The van der Waals surface area contributed by atoms with Crippen molar-refractivity contribution in [1.29, 1.82) is 5.26 Å². The standard InChI is InChI=1S/C60H39N3.C54H33N3/c1-61-49-36-37-54-53(39-49)58-51(30-17-31-55(58)60(54,47-24-10-4-11-25-47)48-26-12-5-13-27-48)43-34-32-41(33-35-43)45-22-16-23-46(38-45)59-62-56(44-20-8-3-9-21-44)40-57(63-59)52-29-15-14-28-50(52)42-18-6-2-7-19-42;55-34-35-25-27-45-46-28-26-41(32-50(46)54(49(45)29-35)47-23-9-7-21-43(47)44-22-8-10-24-48(44)54)39-18-11-17-38(30-39)40-19-12-20-42(31-40)52-33-51(36-13-3-1-4-14-36)56-53(57-52)37-15-5-2-6-16-37/h2-40H;1-33H. The van der Waals surface area contributed by atoms with E-state index in [9.17, 15) is 5.26 Å². The molecular weight excluding hydrogens is 1450 g/mol. The third-order valence-corrected chi connectivity index (χ3v) is 24.2. The molecule has 558 valence electrons. The van der Waals surface area contributed by atoms with Crippen LogP contribution in [-0.4, -0.2) is 19.9 Å². The maximum atomic E-state index is 10.1. The summed E-state index contributed by atoms with van der Waals surface area (Å²) in [5.74, 6) is 1.37. The molecule has 3 aliphatic rings. The van der Waals surface area contributed by atoms with Gasteiger partial charge in [0.1, 0.15) is 0 Å². The van der Waals surface area contributed by atoms with E-state index in [0.717, 1.165) is 117 Å². The molecule has 120 heavy (non-hydrogen) atoms. The lowest BCUT2D eigenvalue weighted by Gasteiger charge is -2.34. The first kappa shape index (κ1) is 71.6. The van der Waals surface area contributed by atoms with Gasteiger partial charge in [0, 0.05) is 33.4 Å². The minimum absolute atomic E-state index is 0.526. The molecule has 0 saturated heterocycles. The highest BCUT2D eigenvalue weighted by Crippen LogP contribution is 2.64. The molecule has 6 nitrogen and oxygen atoms in total. The summed E-state index contributed by atoms with van der Waals surface area (Å²) in [7, 11) is 0. The lowest BCUT2D eigenvalue weighted by Crippen LogP contribution is -2.28. The zero-order chi connectivity index (χ0) is 80.1. The molecule has 0 N–H and O–H groups in total. The molecule has 0 bridgehead atoms. The molecule has 6 heteroatoms. The number of benzene rings is 17. The van der Waals surface area contributed by atoms with Gasteiger partial charge in [-0.15, -0.1) is 0 Å². The summed E-state index contributed by atoms with van der Waals surface area (Å²) in [5.41, 5.74) is 38.0. The lowest BCUT2D eigenvalue weighted by atomic mass is 9.67. The van der Waals surface area contributed by atoms with E-state index in [4.69, 9.17) is 26.5 Å². The maximum Gasteiger partial charge on any atom is 0.187 e. The summed E-state index contributed by atoms with van der Waals surface area (Å²) in [6.07, 6.45) is 0. The topological polar surface area (TPSA) is 79.7 Å². The molecule has 0 saturated carbocycles. The van der Waals surface area contributed by atoms with Crippen LogP contribution in [0.2, 0.25) is 0 Å². The van der Waals surface area contributed by atoms with Gasteiger partial charge in [-0.2, -0.15) is 5.26 Å². The summed E-state index contributed by atoms with van der Waals surface area (Å²) in [6, 6.07) is 157. The Bertz CT molecular complexity index is 7130. The first-order valence-corrected chi connectivity index (χ1v) is 40.6. The van der Waals surface area contributed by atoms with E-state index >= 15 is 0 Å². The molecule has 0 unspecified atom stereocenters. The second-order valence-corrected chi connectivity index (χ2v) is 30.8. The van der Waals surface area contributed by atoms with Gasteiger partial charge in [-0.05, 0) is 188 Å². The van der Waals surface area contributed by atoms with Gasteiger partial charge in [0.05, 0.1) is 51.8 Å². The molecule has 2 heterocycles. The summed E-state index contributed by atoms with van der Waals surface area (Å²) < 4.78 is 0. The van der Waals surface area contributed by atoms with E-state index in [1.54, 1.807) is 0 Å². The van der Waals surface area contributed by atoms with Crippen molar-refractivity contribution in [1.82, 2.24) is 19.9 Å². The highest BCUT2D eigenvalue weighted by molar-refractivity contribution is 5.99. The molecule has 0 aliphatic heterocycles. The predicted octanol–water partition coefficient (Wildman–Crippen LogP) is 28.4. The van der Waals surface area contributed by atoms with Gasteiger partial charge in [0.2, 0.25) is 0 Å². The summed E-state index contributed by atoms with van der Waals surface area (Å²) in [6.45, 7) is 7.97. The van der Waals surface area contributed by atoms with Crippen molar-refractivity contribution < 1.29 is 0 Å². The van der Waals surface area contributed by atoms with Gasteiger partial charge in [-0.1, -0.05) is 382 Å². The van der Waals surface area contributed by atoms with Crippen molar-refractivity contribution in [3.05, 3.63) is 498 Å². The fourth-order valence-corrected chi connectivity index (χ4v) is 18.8. The van der Waals surface area contributed by atoms with Gasteiger partial charge in [-0.25, -0.2) is 24.8 Å². The van der Waals surface area contributed by atoms with Crippen molar-refractivity contribution >= 4 is 5.69 Å². The van der Waals surface area contributed by atoms with Crippen LogP contribution >= 0.6 is 0 Å². The van der Waals surface area contributed by atoms with E-state index in [1.807, 2.05) is 60.7 Å². The van der Waals surface area contributed by atoms with E-state index < -0.39 is 10.8 Å². The Morgan fingerprint density at radius 1 is 0.217 bits per heavy atom. The summed E-state index contributed by atoms with van der Waals surface area (Å²) in [4.78, 5) is 24.4. The zero-order valence-corrected chi connectivity index (χ0v) is 65.3. The Hall–Kier alpha value is -16.1. The Labute approximate surface area is 698 Å². The zero-order valence-electron chi connectivity index (χ0n) is 65.3. The predicted molar refractivity (Wildman–Crippen MR) is 488 cm³/mol. The maximum absolute atomic E-state index is 10.1. The average Bonchev–Trinajstić information content (AvgIpc) is 1.51. The minimum Gasteiger partial charge on any atom is -0.238 e. The Kier molecular flexibility index (Phi) is 18.1. The molecule has 0 fully saturated rings. The van der Waals surface area contributed by atoms with Crippen LogP contribution in [0.3, 0.4) is 0 Å². The van der Waals surface area contributed by atoms with Gasteiger partial charge in [-0.3, -0.25) is 0 Å². The third kappa shape index (κ3) is 12.3. The van der Waals surface area contributed by atoms with Crippen molar-refractivity contribution in [3.63, 3.8) is 0 Å². The van der Waals surface area contributed by atoms with E-state index in [-0.39, 0.29) is 0 Å². The number of nitrogens with zero attached hydrogens (tertiary/aromatic N) is 6. The van der Waals surface area contributed by atoms with Gasteiger partial charge in [0.15, 0.2) is 17.3 Å². The van der Waals surface area contributed by atoms with Crippen molar-refractivity contribution in [2.24, 2.45) is 0 Å². The van der Waals surface area contributed by atoms with Crippen LogP contribution < -0.4 is 0 Å². The summed E-state index contributed by atoms with van der Waals surface area (Å²) in [5, 5.41) is 10.1. The largest absolute Gasteiger partial charge is 0.238 e. The van der Waals surface area contributed by atoms with Crippen LogP contribution in [0.5, 0.6) is 0 Å². The molecule has 22 rings (SSSR count). The first-order valence-electron chi connectivity index (χ1n) is 40.6. The van der Waals surface area contributed by atoms with Crippen LogP contribution in [0.1, 0.15) is 50.1 Å². The molecule has 0 atom stereocenters. The number of nitriles is 1. The Morgan fingerprint density at radius 2 is 0.583 bits per heavy atom. The van der Waals surface area contributed by atoms with Crippen molar-refractivity contribution in [2.75, 3.05) is 0 Å². The van der Waals surface area contributed by atoms with E-state index in [0.29, 0.717) is 22.9 Å². The number of hydrogen-bond acceptors (Lipinski definition) is 5. The molecule has 1 spiro atoms. The number of hydrogen-bond donors (Lipinski definition) is 0. The highest BCUT2D eigenvalue weighted by Gasteiger charge is 2.52. The molecule has 19 aromatic rings. The quantitative estimate of drug-likeness (QED) is 0.107. The number of rotatable bonds is 13. The second-order valence-electron chi connectivity index (χ2n) is 30.8. The third-order valence-electron chi connectivity index (χ3n) is 24.2. The second kappa shape index (κ2) is 30.3. The van der Waals surface area contributed by atoms with Gasteiger partial charge in [0.25, 0.3) is 0 Å². The average molecular weight is 1530 g/mol. The number of aromatic nitrogens is 4. The molecular formula is C114H72N6. The van der Waals surface area contributed by atoms with Gasteiger partial charge < -0.3 is 0 Å². The van der Waals surface area contributed by atoms with E-state index in [2.05, 4.69) is 387 Å². The first-order chi connectivity index (χ1) is 59.4.